The zero-order chi connectivity index (χ0) is 13.0. The molecule has 1 aromatic heterocycles. The number of carbonyl (C=O) groups excluding carboxylic acids is 2. The first kappa shape index (κ1) is 13.9. The van der Waals surface area contributed by atoms with E-state index in [4.69, 9.17) is 12.2 Å². The molecule has 0 aliphatic rings. The molecule has 0 bridgehead atoms. The van der Waals surface area contributed by atoms with Crippen molar-refractivity contribution in [1.29, 1.82) is 0 Å². The van der Waals surface area contributed by atoms with E-state index in [1.165, 1.54) is 18.4 Å². The average Bonchev–Trinajstić information content (AvgIpc) is 2.55. The fourth-order valence-electron chi connectivity index (χ4n) is 1.28. The highest BCUT2D eigenvalue weighted by atomic mass is 32.1. The quantitative estimate of drug-likeness (QED) is 0.642. The minimum Gasteiger partial charge on any atom is -0.467 e. The topological polar surface area (TPSA) is 71.2 Å². The number of amides is 1. The number of methoxy groups -OCH3 is 1. The molecule has 0 aliphatic carbocycles. The van der Waals surface area contributed by atoms with Gasteiger partial charge >= 0.3 is 5.97 Å². The molecule has 7 heteroatoms. The van der Waals surface area contributed by atoms with Gasteiger partial charge in [-0.3, -0.25) is 4.79 Å². The second-order valence-corrected chi connectivity index (χ2v) is 5.32. The first-order chi connectivity index (χ1) is 7.93. The average molecular weight is 274 g/mol. The highest BCUT2D eigenvalue weighted by molar-refractivity contribution is 7.73. The lowest BCUT2D eigenvalue weighted by molar-refractivity contribution is -0.144. The summed E-state index contributed by atoms with van der Waals surface area (Å²) in [6.45, 7) is 3.44. The first-order valence-electron chi connectivity index (χ1n) is 4.99. The number of nitrogens with one attached hydrogen (secondary N) is 2. The molecule has 0 aromatic carbocycles. The number of ether oxygens (including phenoxy) is 1. The molecule has 1 atom stereocenters. The summed E-state index contributed by atoms with van der Waals surface area (Å²) in [6, 6.07) is -0.639. The van der Waals surface area contributed by atoms with Crippen molar-refractivity contribution in [2.75, 3.05) is 7.11 Å². The van der Waals surface area contributed by atoms with E-state index < -0.39 is 12.0 Å². The van der Waals surface area contributed by atoms with E-state index in [1.54, 1.807) is 6.92 Å². The van der Waals surface area contributed by atoms with E-state index in [0.717, 1.165) is 10.6 Å². The van der Waals surface area contributed by atoms with Gasteiger partial charge in [-0.2, -0.15) is 0 Å². The Labute approximate surface area is 108 Å². The Kier molecular flexibility index (Phi) is 4.83. The van der Waals surface area contributed by atoms with Gasteiger partial charge in [-0.25, -0.2) is 4.79 Å². The van der Waals surface area contributed by atoms with Gasteiger partial charge in [0.25, 0.3) is 0 Å². The smallest absolute Gasteiger partial charge is 0.328 e. The van der Waals surface area contributed by atoms with Crippen molar-refractivity contribution in [3.05, 3.63) is 14.5 Å². The molecule has 0 aliphatic heterocycles. The van der Waals surface area contributed by atoms with E-state index in [0.29, 0.717) is 3.95 Å². The van der Waals surface area contributed by atoms with Crippen LogP contribution in [0, 0.1) is 10.9 Å². The van der Waals surface area contributed by atoms with Gasteiger partial charge in [-0.1, -0.05) is 0 Å². The molecule has 0 radical (unpaired) electrons. The number of aromatic amines is 1. The summed E-state index contributed by atoms with van der Waals surface area (Å²) in [5.74, 6) is -0.687. The number of hydrogen-bond acceptors (Lipinski definition) is 5. The molecule has 1 aromatic rings. The molecule has 1 amide bonds. The lowest BCUT2D eigenvalue weighted by Gasteiger charge is -2.10. The third-order valence-electron chi connectivity index (χ3n) is 2.18. The number of aromatic nitrogens is 1. The van der Waals surface area contributed by atoms with E-state index in [-0.39, 0.29) is 12.3 Å². The number of H-pyrrole nitrogens is 1. The van der Waals surface area contributed by atoms with Crippen molar-refractivity contribution in [3.8, 4) is 0 Å². The van der Waals surface area contributed by atoms with Crippen LogP contribution in [-0.4, -0.2) is 30.0 Å². The lowest BCUT2D eigenvalue weighted by atomic mass is 10.2. The summed E-state index contributed by atoms with van der Waals surface area (Å²) < 4.78 is 5.16. The summed E-state index contributed by atoms with van der Waals surface area (Å²) in [5.41, 5.74) is 0.890. The molecule has 0 saturated carbocycles. The molecular formula is C10H14N2O3S2. The Morgan fingerprint density at radius 1 is 1.59 bits per heavy atom. The van der Waals surface area contributed by atoms with Crippen LogP contribution in [0.1, 0.15) is 17.5 Å². The summed E-state index contributed by atoms with van der Waals surface area (Å²) in [7, 11) is 1.28. The van der Waals surface area contributed by atoms with Gasteiger partial charge < -0.3 is 15.0 Å². The predicted molar refractivity (Wildman–Crippen MR) is 67.6 cm³/mol. The van der Waals surface area contributed by atoms with Gasteiger partial charge in [0.05, 0.1) is 13.5 Å². The zero-order valence-electron chi connectivity index (χ0n) is 9.83. The molecule has 5 nitrogen and oxygen atoms in total. The van der Waals surface area contributed by atoms with E-state index >= 15 is 0 Å². The van der Waals surface area contributed by atoms with Crippen molar-refractivity contribution in [2.24, 2.45) is 0 Å². The van der Waals surface area contributed by atoms with Crippen LogP contribution in [-0.2, 0) is 20.7 Å². The lowest BCUT2D eigenvalue weighted by Crippen LogP contribution is -2.39. The molecule has 0 saturated heterocycles. The number of rotatable bonds is 4. The van der Waals surface area contributed by atoms with Crippen molar-refractivity contribution in [3.63, 3.8) is 0 Å². The van der Waals surface area contributed by atoms with Gasteiger partial charge in [0.15, 0.2) is 3.95 Å². The van der Waals surface area contributed by atoms with Crippen molar-refractivity contribution in [1.82, 2.24) is 10.3 Å². The van der Waals surface area contributed by atoms with Crippen molar-refractivity contribution in [2.45, 2.75) is 26.3 Å². The molecule has 0 fully saturated rings. The maximum Gasteiger partial charge on any atom is 0.328 e. The molecule has 94 valence electrons. The Morgan fingerprint density at radius 3 is 2.71 bits per heavy atom. The molecule has 0 unspecified atom stereocenters. The van der Waals surface area contributed by atoms with E-state index in [9.17, 15) is 9.59 Å². The third kappa shape index (κ3) is 3.94. The van der Waals surface area contributed by atoms with Crippen LogP contribution in [0.5, 0.6) is 0 Å². The normalized spacial score (nSPS) is 11.9. The van der Waals surface area contributed by atoms with Crippen LogP contribution in [0.2, 0.25) is 0 Å². The molecule has 1 rings (SSSR count). The maximum absolute atomic E-state index is 11.6. The molecule has 17 heavy (non-hydrogen) atoms. The van der Waals surface area contributed by atoms with E-state index in [1.807, 2.05) is 6.92 Å². The maximum atomic E-state index is 11.6. The van der Waals surface area contributed by atoms with Crippen LogP contribution >= 0.6 is 23.6 Å². The fourth-order valence-corrected chi connectivity index (χ4v) is 2.57. The molecule has 2 N–H and O–H groups in total. The van der Waals surface area contributed by atoms with Gasteiger partial charge in [0, 0.05) is 10.6 Å². The van der Waals surface area contributed by atoms with Crippen LogP contribution in [0.25, 0.3) is 0 Å². The highest BCUT2D eigenvalue weighted by Crippen LogP contribution is 2.14. The largest absolute Gasteiger partial charge is 0.467 e. The van der Waals surface area contributed by atoms with Crippen molar-refractivity contribution < 1.29 is 14.3 Å². The summed E-state index contributed by atoms with van der Waals surface area (Å²) in [4.78, 5) is 26.6. The number of esters is 1. The van der Waals surface area contributed by atoms with Crippen LogP contribution in [0.4, 0.5) is 0 Å². The van der Waals surface area contributed by atoms with Crippen LogP contribution in [0.15, 0.2) is 0 Å². The fraction of sp³-hybridized carbons (Fsp3) is 0.500. The Hall–Kier alpha value is -1.21. The van der Waals surface area contributed by atoms with Crippen LogP contribution in [0.3, 0.4) is 0 Å². The number of aryl methyl sites for hydroxylation is 1. The second-order valence-electron chi connectivity index (χ2n) is 3.55. The van der Waals surface area contributed by atoms with Gasteiger partial charge in [0.2, 0.25) is 5.91 Å². The standard InChI is InChI=1S/C10H14N2O3S2/c1-5-7(17-10(16)12-5)4-8(13)11-6(2)9(14)15-3/h6H,4H2,1-3H3,(H,11,13)(H,12,16)/t6-/m1/s1. The first-order valence-corrected chi connectivity index (χ1v) is 6.22. The predicted octanol–water partition coefficient (Wildman–Crippen LogP) is 1.33. The number of carbonyl (C=O) groups is 2. The summed E-state index contributed by atoms with van der Waals surface area (Å²) in [6.07, 6.45) is 0.213. The van der Waals surface area contributed by atoms with Gasteiger partial charge in [-0.15, -0.1) is 11.3 Å². The monoisotopic (exact) mass is 274 g/mol. The second kappa shape index (κ2) is 5.92. The van der Waals surface area contributed by atoms with Gasteiger partial charge in [0.1, 0.15) is 6.04 Å². The third-order valence-corrected chi connectivity index (χ3v) is 3.51. The zero-order valence-corrected chi connectivity index (χ0v) is 11.5. The minimum atomic E-state index is -0.639. The van der Waals surface area contributed by atoms with Gasteiger partial charge in [-0.05, 0) is 26.1 Å². The molecule has 1 heterocycles. The molecular weight excluding hydrogens is 260 g/mol. The Balaban J connectivity index is 2.59. The number of hydrogen-bond donors (Lipinski definition) is 2. The van der Waals surface area contributed by atoms with Crippen LogP contribution < -0.4 is 5.32 Å². The minimum absolute atomic E-state index is 0.213. The Bertz CT molecular complexity index is 478. The van der Waals surface area contributed by atoms with E-state index in [2.05, 4.69) is 15.0 Å². The SMILES string of the molecule is COC(=O)[C@@H](C)NC(=O)Cc1sc(=S)[nH]c1C. The molecule has 0 spiro atoms. The number of thiazole rings is 1. The van der Waals surface area contributed by atoms with Crippen molar-refractivity contribution >= 4 is 35.4 Å². The summed E-state index contributed by atoms with van der Waals surface area (Å²) >= 11 is 6.34. The Morgan fingerprint density at radius 2 is 2.24 bits per heavy atom. The highest BCUT2D eigenvalue weighted by Gasteiger charge is 2.16. The summed E-state index contributed by atoms with van der Waals surface area (Å²) in [5, 5.41) is 2.56.